The van der Waals surface area contributed by atoms with Gasteiger partial charge in [0.25, 0.3) is 11.1 Å². The van der Waals surface area contributed by atoms with Crippen molar-refractivity contribution in [2.45, 2.75) is 12.5 Å². The summed E-state index contributed by atoms with van der Waals surface area (Å²) in [5, 5.41) is 7.82. The molecular weight excluding hydrogens is 356 g/mol. The van der Waals surface area contributed by atoms with Crippen LogP contribution in [0, 0.1) is 0 Å². The lowest BCUT2D eigenvalue weighted by Gasteiger charge is -2.19. The molecule has 1 aromatic carbocycles. The van der Waals surface area contributed by atoms with Crippen molar-refractivity contribution in [3.63, 3.8) is 0 Å². The smallest absolute Gasteiger partial charge is 0.266 e. The zero-order valence-corrected chi connectivity index (χ0v) is 14.3. The summed E-state index contributed by atoms with van der Waals surface area (Å²) in [5.74, 6) is -0.398. The maximum Gasteiger partial charge on any atom is 0.266 e. The quantitative estimate of drug-likeness (QED) is 0.633. The van der Waals surface area contributed by atoms with E-state index in [1.165, 1.54) is 0 Å². The van der Waals surface area contributed by atoms with E-state index in [2.05, 4.69) is 20.5 Å². The van der Waals surface area contributed by atoms with Crippen LogP contribution < -0.4 is 16.4 Å². The molecule has 3 rings (SSSR count). The third-order valence-corrected chi connectivity index (χ3v) is 4.03. The molecule has 0 spiro atoms. The van der Waals surface area contributed by atoms with Crippen molar-refractivity contribution < 1.29 is 4.79 Å². The Morgan fingerprint density at radius 2 is 1.88 bits per heavy atom. The van der Waals surface area contributed by atoms with Crippen molar-refractivity contribution in [1.29, 1.82) is 0 Å². The molecule has 1 atom stereocenters. The Balaban J connectivity index is 1.87. The summed E-state index contributed by atoms with van der Waals surface area (Å²) in [4.78, 5) is 39.6. The van der Waals surface area contributed by atoms with E-state index in [0.29, 0.717) is 5.02 Å². The van der Waals surface area contributed by atoms with Crippen LogP contribution in [0.4, 0.5) is 0 Å². The van der Waals surface area contributed by atoms with E-state index in [0.717, 1.165) is 17.2 Å². The fourth-order valence-corrected chi connectivity index (χ4v) is 2.66. The molecule has 8 heteroatoms. The molecule has 0 fully saturated rings. The van der Waals surface area contributed by atoms with Crippen molar-refractivity contribution in [2.24, 2.45) is 0 Å². The largest absolute Gasteiger partial charge is 0.345 e. The molecule has 0 unspecified atom stereocenters. The maximum absolute atomic E-state index is 12.5. The van der Waals surface area contributed by atoms with E-state index in [1.807, 2.05) is 6.07 Å². The van der Waals surface area contributed by atoms with Gasteiger partial charge in [0, 0.05) is 29.0 Å². The number of nitrogens with one attached hydrogen (secondary N) is 3. The molecule has 1 amide bonds. The molecule has 0 aliphatic carbocycles. The minimum absolute atomic E-state index is 0.0901. The molecule has 3 aromatic rings. The van der Waals surface area contributed by atoms with Gasteiger partial charge >= 0.3 is 0 Å². The van der Waals surface area contributed by atoms with Gasteiger partial charge in [-0.05, 0) is 29.3 Å². The van der Waals surface area contributed by atoms with Crippen LogP contribution in [0.25, 0.3) is 0 Å². The van der Waals surface area contributed by atoms with Gasteiger partial charge in [-0.25, -0.2) is 0 Å². The standard InChI is InChI=1S/C18H15ClN4O3/c19-14-5-3-11(4-6-14)17(12-2-1-7-20-10-12)21-15(24)8-13-9-16(25)22-23-18(13)26/h1-7,9-10,17H,8H2,(H,21,24)(H,22,25)(H,23,26)/t17-/m1/s1. The van der Waals surface area contributed by atoms with Crippen LogP contribution in [0.15, 0.2) is 64.4 Å². The first kappa shape index (κ1) is 17.6. The predicted molar refractivity (Wildman–Crippen MR) is 97.1 cm³/mol. The highest BCUT2D eigenvalue weighted by Gasteiger charge is 2.18. The topological polar surface area (TPSA) is 108 Å². The van der Waals surface area contributed by atoms with Crippen molar-refractivity contribution in [2.75, 3.05) is 0 Å². The van der Waals surface area contributed by atoms with E-state index in [-0.39, 0.29) is 12.0 Å². The van der Waals surface area contributed by atoms with Crippen molar-refractivity contribution in [3.05, 3.63) is 97.3 Å². The van der Waals surface area contributed by atoms with Gasteiger partial charge in [-0.1, -0.05) is 29.8 Å². The van der Waals surface area contributed by atoms with Gasteiger partial charge in [0.05, 0.1) is 12.5 Å². The van der Waals surface area contributed by atoms with E-state index >= 15 is 0 Å². The zero-order valence-electron chi connectivity index (χ0n) is 13.5. The van der Waals surface area contributed by atoms with Gasteiger partial charge in [0.1, 0.15) is 0 Å². The second-order valence-corrected chi connectivity index (χ2v) is 6.06. The number of carbonyl (C=O) groups excluding carboxylic acids is 1. The number of pyridine rings is 1. The minimum Gasteiger partial charge on any atom is -0.345 e. The van der Waals surface area contributed by atoms with Gasteiger partial charge in [0.15, 0.2) is 0 Å². The third kappa shape index (κ3) is 4.25. The Hall–Kier alpha value is -3.19. The highest BCUT2D eigenvalue weighted by Crippen LogP contribution is 2.23. The summed E-state index contributed by atoms with van der Waals surface area (Å²) < 4.78 is 0. The molecule has 0 aliphatic rings. The second-order valence-electron chi connectivity index (χ2n) is 5.63. The number of carbonyl (C=O) groups is 1. The molecule has 0 aliphatic heterocycles. The number of rotatable bonds is 5. The molecule has 26 heavy (non-hydrogen) atoms. The lowest BCUT2D eigenvalue weighted by atomic mass is 10.00. The number of hydrogen-bond donors (Lipinski definition) is 3. The van der Waals surface area contributed by atoms with Crippen LogP contribution in [0.3, 0.4) is 0 Å². The molecule has 0 saturated carbocycles. The number of nitrogens with zero attached hydrogens (tertiary/aromatic N) is 1. The molecule has 0 bridgehead atoms. The molecule has 132 valence electrons. The first-order valence-corrected chi connectivity index (χ1v) is 8.16. The SMILES string of the molecule is O=C(Cc1cc(=O)[nH][nH]c1=O)N[C@H](c1ccc(Cl)cc1)c1cccnc1. The number of H-pyrrole nitrogens is 2. The maximum atomic E-state index is 12.5. The summed E-state index contributed by atoms with van der Waals surface area (Å²) in [6.45, 7) is 0. The average molecular weight is 371 g/mol. The van der Waals surface area contributed by atoms with E-state index in [9.17, 15) is 14.4 Å². The van der Waals surface area contributed by atoms with Gasteiger partial charge in [0.2, 0.25) is 5.91 Å². The Morgan fingerprint density at radius 3 is 2.58 bits per heavy atom. The van der Waals surface area contributed by atoms with Crippen molar-refractivity contribution in [3.8, 4) is 0 Å². The number of halogens is 1. The summed E-state index contributed by atoms with van der Waals surface area (Å²) in [7, 11) is 0. The van der Waals surface area contributed by atoms with Gasteiger partial charge < -0.3 is 5.32 Å². The van der Waals surface area contributed by atoms with Gasteiger partial charge in [-0.2, -0.15) is 0 Å². The first-order valence-electron chi connectivity index (χ1n) is 7.78. The summed E-state index contributed by atoms with van der Waals surface area (Å²) in [6.07, 6.45) is 3.07. The monoisotopic (exact) mass is 370 g/mol. The number of hydrogen-bond acceptors (Lipinski definition) is 4. The molecular formula is C18H15ClN4O3. The van der Waals surface area contributed by atoms with Crippen LogP contribution in [-0.4, -0.2) is 21.1 Å². The van der Waals surface area contributed by atoms with Crippen LogP contribution in [0.2, 0.25) is 5.02 Å². The fraction of sp³-hybridized carbons (Fsp3) is 0.111. The van der Waals surface area contributed by atoms with Crippen LogP contribution in [0.5, 0.6) is 0 Å². The number of benzene rings is 1. The molecule has 2 aromatic heterocycles. The zero-order chi connectivity index (χ0) is 18.5. The number of aromatic nitrogens is 3. The normalized spacial score (nSPS) is 11.7. The van der Waals surface area contributed by atoms with Crippen LogP contribution in [-0.2, 0) is 11.2 Å². The Labute approximate surface area is 153 Å². The molecule has 0 saturated heterocycles. The van der Waals surface area contributed by atoms with E-state index in [4.69, 9.17) is 11.6 Å². The molecule has 2 heterocycles. The Kier molecular flexibility index (Phi) is 5.28. The van der Waals surface area contributed by atoms with Crippen molar-refractivity contribution >= 4 is 17.5 Å². The second kappa shape index (κ2) is 7.79. The third-order valence-electron chi connectivity index (χ3n) is 3.77. The summed E-state index contributed by atoms with van der Waals surface area (Å²) >= 11 is 5.94. The highest BCUT2D eigenvalue weighted by molar-refractivity contribution is 6.30. The first-order chi connectivity index (χ1) is 12.5. The van der Waals surface area contributed by atoms with E-state index < -0.39 is 23.1 Å². The lowest BCUT2D eigenvalue weighted by Crippen LogP contribution is -2.33. The van der Waals surface area contributed by atoms with Crippen LogP contribution >= 0.6 is 11.6 Å². The Morgan fingerprint density at radius 1 is 1.12 bits per heavy atom. The summed E-state index contributed by atoms with van der Waals surface area (Å²) in [6, 6.07) is 11.3. The number of aromatic amines is 2. The molecule has 0 radical (unpaired) electrons. The number of amides is 1. The lowest BCUT2D eigenvalue weighted by molar-refractivity contribution is -0.120. The van der Waals surface area contributed by atoms with E-state index in [1.54, 1.807) is 42.7 Å². The molecule has 7 nitrogen and oxygen atoms in total. The van der Waals surface area contributed by atoms with Crippen LogP contribution in [0.1, 0.15) is 22.7 Å². The van der Waals surface area contributed by atoms with Crippen molar-refractivity contribution in [1.82, 2.24) is 20.5 Å². The Bertz CT molecular complexity index is 1010. The summed E-state index contributed by atoms with van der Waals surface area (Å²) in [5.41, 5.74) is 0.698. The predicted octanol–water partition coefficient (Wildman–Crippen LogP) is 1.56. The van der Waals surface area contributed by atoms with Gasteiger partial charge in [-0.15, -0.1) is 0 Å². The average Bonchev–Trinajstić information content (AvgIpc) is 2.64. The highest BCUT2D eigenvalue weighted by atomic mass is 35.5. The van der Waals surface area contributed by atoms with Gasteiger partial charge in [-0.3, -0.25) is 29.6 Å². The minimum atomic E-state index is -0.510. The molecule has 3 N–H and O–H groups in total. The fourth-order valence-electron chi connectivity index (χ4n) is 2.54.